The van der Waals surface area contributed by atoms with Crippen molar-refractivity contribution in [2.24, 2.45) is 5.92 Å². The number of aromatic nitrogens is 1. The summed E-state index contributed by atoms with van der Waals surface area (Å²) in [4.78, 5) is 16.8. The number of halogens is 1. The Morgan fingerprint density at radius 3 is 2.39 bits per heavy atom. The quantitative estimate of drug-likeness (QED) is 0.487. The Balaban J connectivity index is 2.07. The molecular weight excluding hydrogens is 353 g/mol. The fraction of sp³-hybridized carbons (Fsp3) is 0.250. The van der Waals surface area contributed by atoms with Crippen molar-refractivity contribution in [1.82, 2.24) is 4.98 Å². The minimum atomic E-state index is -0.384. The molecule has 0 radical (unpaired) electrons. The highest BCUT2D eigenvalue weighted by Crippen LogP contribution is 2.29. The molecule has 2 aromatic carbocycles. The van der Waals surface area contributed by atoms with Gasteiger partial charge in [0.2, 0.25) is 0 Å². The van der Waals surface area contributed by atoms with Gasteiger partial charge in [-0.1, -0.05) is 43.7 Å². The van der Waals surface area contributed by atoms with Gasteiger partial charge in [0.15, 0.2) is 5.78 Å². The van der Waals surface area contributed by atoms with Crippen LogP contribution >= 0.6 is 0 Å². The molecule has 0 atom stereocenters. The number of Topliss-reactive ketones (excluding diaryl/α,β-unsaturated/α-hetero) is 1. The van der Waals surface area contributed by atoms with Crippen LogP contribution in [0.25, 0.3) is 22.5 Å². The Hall–Kier alpha value is -3.01. The summed E-state index contributed by atoms with van der Waals surface area (Å²) >= 11 is 0. The number of hydrogen-bond acceptors (Lipinski definition) is 3. The number of nitrogens with zero attached hydrogens (tertiary/aromatic N) is 1. The highest BCUT2D eigenvalue weighted by molar-refractivity contribution is 6.00. The Labute approximate surface area is 165 Å². The second-order valence-corrected chi connectivity index (χ2v) is 7.40. The van der Waals surface area contributed by atoms with Gasteiger partial charge in [0.05, 0.1) is 18.0 Å². The highest BCUT2D eigenvalue weighted by Gasteiger charge is 2.14. The predicted octanol–water partition coefficient (Wildman–Crippen LogP) is 6.10. The van der Waals surface area contributed by atoms with E-state index < -0.39 is 0 Å². The smallest absolute Gasteiger partial charge is 0.161 e. The van der Waals surface area contributed by atoms with Gasteiger partial charge in [-0.25, -0.2) is 9.37 Å². The summed E-state index contributed by atoms with van der Waals surface area (Å²) in [7, 11) is 0. The van der Waals surface area contributed by atoms with Gasteiger partial charge in [-0.05, 0) is 44.0 Å². The van der Waals surface area contributed by atoms with Gasteiger partial charge in [0, 0.05) is 22.8 Å². The summed E-state index contributed by atoms with van der Waals surface area (Å²) < 4.78 is 19.8. The second-order valence-electron chi connectivity index (χ2n) is 7.40. The third-order valence-corrected chi connectivity index (χ3v) is 4.35. The average molecular weight is 377 g/mol. The number of hydrogen-bond donors (Lipinski definition) is 0. The first-order valence-electron chi connectivity index (χ1n) is 9.36. The van der Waals surface area contributed by atoms with E-state index in [1.165, 1.54) is 19.1 Å². The van der Waals surface area contributed by atoms with Gasteiger partial charge in [-0.15, -0.1) is 0 Å². The molecule has 0 N–H and O–H groups in total. The van der Waals surface area contributed by atoms with Crippen molar-refractivity contribution in [3.05, 3.63) is 71.5 Å². The molecule has 3 rings (SSSR count). The van der Waals surface area contributed by atoms with Crippen molar-refractivity contribution < 1.29 is 13.9 Å². The van der Waals surface area contributed by atoms with Crippen LogP contribution in [0.1, 0.15) is 36.7 Å². The molecule has 0 bridgehead atoms. The molecule has 4 heteroatoms. The number of ketones is 1. The third kappa shape index (κ3) is 4.63. The average Bonchev–Trinajstić information content (AvgIpc) is 2.66. The lowest BCUT2D eigenvalue weighted by Crippen LogP contribution is -2.05. The van der Waals surface area contributed by atoms with Crippen molar-refractivity contribution in [3.63, 3.8) is 0 Å². The maximum atomic E-state index is 14.2. The van der Waals surface area contributed by atoms with Crippen molar-refractivity contribution in [2.75, 3.05) is 6.61 Å². The third-order valence-electron chi connectivity index (χ3n) is 4.35. The first-order chi connectivity index (χ1) is 13.3. The molecule has 144 valence electrons. The molecule has 0 aliphatic heterocycles. The summed E-state index contributed by atoms with van der Waals surface area (Å²) in [6, 6.07) is 15.9. The van der Waals surface area contributed by atoms with Gasteiger partial charge >= 0.3 is 0 Å². The Kier molecular flexibility index (Phi) is 5.88. The van der Waals surface area contributed by atoms with E-state index in [4.69, 9.17) is 9.72 Å². The first kappa shape index (κ1) is 19.7. The highest BCUT2D eigenvalue weighted by atomic mass is 19.1. The van der Waals surface area contributed by atoms with Crippen LogP contribution in [-0.2, 0) is 0 Å². The summed E-state index contributed by atoms with van der Waals surface area (Å²) in [5, 5.41) is 0. The zero-order chi connectivity index (χ0) is 20.3. The molecule has 0 spiro atoms. The monoisotopic (exact) mass is 377 g/mol. The van der Waals surface area contributed by atoms with Crippen LogP contribution in [0, 0.1) is 18.7 Å². The van der Waals surface area contributed by atoms with E-state index in [-0.39, 0.29) is 11.6 Å². The lowest BCUT2D eigenvalue weighted by Gasteiger charge is -2.12. The Bertz CT molecular complexity index is 994. The maximum absolute atomic E-state index is 14.2. The number of benzene rings is 2. The maximum Gasteiger partial charge on any atom is 0.161 e. The van der Waals surface area contributed by atoms with Gasteiger partial charge in [-0.3, -0.25) is 4.79 Å². The lowest BCUT2D eigenvalue weighted by molar-refractivity contribution is 0.101. The van der Waals surface area contributed by atoms with E-state index in [1.807, 2.05) is 45.0 Å². The molecule has 0 unspecified atom stereocenters. The normalized spacial score (nSPS) is 10.9. The van der Waals surface area contributed by atoms with Crippen molar-refractivity contribution >= 4 is 5.78 Å². The molecule has 1 heterocycles. The van der Waals surface area contributed by atoms with Crippen molar-refractivity contribution in [3.8, 4) is 28.3 Å². The summed E-state index contributed by atoms with van der Waals surface area (Å²) in [6.07, 6.45) is 0. The number of pyridine rings is 1. The summed E-state index contributed by atoms with van der Waals surface area (Å²) in [5.74, 6) is 0.367. The van der Waals surface area contributed by atoms with Gasteiger partial charge in [0.25, 0.3) is 0 Å². The van der Waals surface area contributed by atoms with E-state index >= 15 is 0 Å². The first-order valence-corrected chi connectivity index (χ1v) is 9.36. The number of carbonyl (C=O) groups excluding carboxylic acids is 1. The van der Waals surface area contributed by atoms with E-state index in [1.54, 1.807) is 18.2 Å². The molecule has 0 aliphatic rings. The van der Waals surface area contributed by atoms with Crippen molar-refractivity contribution in [2.45, 2.75) is 27.7 Å². The standard InChI is InChI=1S/C24H24FNO2/c1-15(2)14-28-21-12-19(11-20(25)13-21)23-10-9-22(17(4)27)24(26-23)18-7-5-16(3)6-8-18/h5-13,15H,14H2,1-4H3. The number of rotatable bonds is 6. The summed E-state index contributed by atoms with van der Waals surface area (Å²) in [6.45, 7) is 8.11. The van der Waals surface area contributed by atoms with Crippen molar-refractivity contribution in [1.29, 1.82) is 0 Å². The van der Waals surface area contributed by atoms with E-state index in [2.05, 4.69) is 0 Å². The topological polar surface area (TPSA) is 39.2 Å². The second kappa shape index (κ2) is 8.34. The molecule has 28 heavy (non-hydrogen) atoms. The zero-order valence-corrected chi connectivity index (χ0v) is 16.6. The summed E-state index contributed by atoms with van der Waals surface area (Å²) in [5.41, 5.74) is 4.32. The van der Waals surface area contributed by atoms with Gasteiger partial charge in [-0.2, -0.15) is 0 Å². The van der Waals surface area contributed by atoms with Crippen LogP contribution < -0.4 is 4.74 Å². The van der Waals surface area contributed by atoms with E-state index in [0.29, 0.717) is 40.8 Å². The Morgan fingerprint density at radius 2 is 1.75 bits per heavy atom. The van der Waals surface area contributed by atoms with Gasteiger partial charge < -0.3 is 4.74 Å². The molecule has 0 saturated heterocycles. The molecule has 0 fully saturated rings. The fourth-order valence-corrected chi connectivity index (χ4v) is 2.89. The van der Waals surface area contributed by atoms with Crippen LogP contribution in [0.4, 0.5) is 4.39 Å². The minimum Gasteiger partial charge on any atom is -0.493 e. The number of carbonyl (C=O) groups is 1. The van der Waals surface area contributed by atoms with Crippen LogP contribution in [0.15, 0.2) is 54.6 Å². The minimum absolute atomic E-state index is 0.0603. The van der Waals surface area contributed by atoms with Crippen LogP contribution in [-0.4, -0.2) is 17.4 Å². The van der Waals surface area contributed by atoms with Gasteiger partial charge in [0.1, 0.15) is 11.6 Å². The molecule has 0 saturated carbocycles. The van der Waals surface area contributed by atoms with Crippen LogP contribution in [0.5, 0.6) is 5.75 Å². The largest absolute Gasteiger partial charge is 0.493 e. The van der Waals surface area contributed by atoms with E-state index in [9.17, 15) is 9.18 Å². The fourth-order valence-electron chi connectivity index (χ4n) is 2.89. The van der Waals surface area contributed by atoms with Crippen LogP contribution in [0.3, 0.4) is 0 Å². The molecule has 0 aliphatic carbocycles. The molecule has 1 aromatic heterocycles. The molecule has 0 amide bonds. The SMILES string of the molecule is CC(=O)c1ccc(-c2cc(F)cc(OCC(C)C)c2)nc1-c1ccc(C)cc1. The number of ether oxygens (including phenoxy) is 1. The van der Waals surface area contributed by atoms with E-state index in [0.717, 1.165) is 11.1 Å². The number of aryl methyl sites for hydroxylation is 1. The zero-order valence-electron chi connectivity index (χ0n) is 16.6. The van der Waals surface area contributed by atoms with Crippen LogP contribution in [0.2, 0.25) is 0 Å². The Morgan fingerprint density at radius 1 is 1.04 bits per heavy atom. The molecule has 3 nitrogen and oxygen atoms in total. The lowest BCUT2D eigenvalue weighted by atomic mass is 10.0. The molecule has 3 aromatic rings. The molecular formula is C24H24FNO2. The predicted molar refractivity (Wildman–Crippen MR) is 110 cm³/mol.